The second-order valence-electron chi connectivity index (χ2n) is 4.41. The van der Waals surface area contributed by atoms with Gasteiger partial charge in [-0.15, -0.1) is 16.4 Å². The summed E-state index contributed by atoms with van der Waals surface area (Å²) in [4.78, 5) is 1.27. The molecule has 6 heteroatoms. The second-order valence-corrected chi connectivity index (χ2v) is 5.44. The molecule has 0 radical (unpaired) electrons. The lowest BCUT2D eigenvalue weighted by Gasteiger charge is -2.16. The average Bonchev–Trinajstić information content (AvgIpc) is 3.17. The van der Waals surface area contributed by atoms with Gasteiger partial charge in [0.15, 0.2) is 0 Å². The van der Waals surface area contributed by atoms with E-state index in [0.29, 0.717) is 0 Å². The Bertz CT molecular complexity index is 647. The molecule has 0 saturated carbocycles. The van der Waals surface area contributed by atoms with E-state index < -0.39 is 0 Å². The van der Waals surface area contributed by atoms with E-state index in [-0.39, 0.29) is 6.04 Å². The van der Waals surface area contributed by atoms with Crippen LogP contribution in [0.25, 0.3) is 5.69 Å². The Balaban J connectivity index is 1.91. The fourth-order valence-electron chi connectivity index (χ4n) is 2.13. The van der Waals surface area contributed by atoms with Crippen LogP contribution in [0.5, 0.6) is 0 Å². The second kappa shape index (κ2) is 5.96. The number of para-hydroxylation sites is 1. The number of rotatable bonds is 5. The van der Waals surface area contributed by atoms with Gasteiger partial charge >= 0.3 is 0 Å². The van der Waals surface area contributed by atoms with Crippen molar-refractivity contribution >= 4 is 11.3 Å². The lowest BCUT2D eigenvalue weighted by atomic mass is 10.1. The van der Waals surface area contributed by atoms with E-state index in [4.69, 9.17) is 5.84 Å². The summed E-state index contributed by atoms with van der Waals surface area (Å²) in [7, 11) is 0. The fourth-order valence-corrected chi connectivity index (χ4v) is 2.88. The highest BCUT2D eigenvalue weighted by Crippen LogP contribution is 2.21. The van der Waals surface area contributed by atoms with E-state index in [1.54, 1.807) is 17.5 Å². The normalized spacial score (nSPS) is 12.4. The molecule has 0 spiro atoms. The first kappa shape index (κ1) is 13.0. The van der Waals surface area contributed by atoms with Crippen LogP contribution >= 0.6 is 11.3 Å². The van der Waals surface area contributed by atoms with E-state index in [1.165, 1.54) is 4.88 Å². The van der Waals surface area contributed by atoms with Crippen molar-refractivity contribution in [2.75, 3.05) is 0 Å². The van der Waals surface area contributed by atoms with Gasteiger partial charge in [-0.1, -0.05) is 29.5 Å². The summed E-state index contributed by atoms with van der Waals surface area (Å²) >= 11 is 1.72. The van der Waals surface area contributed by atoms with Crippen LogP contribution in [0.4, 0.5) is 0 Å². The lowest BCUT2D eigenvalue weighted by Crippen LogP contribution is -2.31. The molecule has 0 fully saturated rings. The van der Waals surface area contributed by atoms with Crippen LogP contribution in [0.3, 0.4) is 0 Å². The van der Waals surface area contributed by atoms with Crippen LogP contribution in [0.15, 0.2) is 54.0 Å². The third-order valence-corrected chi connectivity index (χ3v) is 4.02. The molecule has 2 heterocycles. The maximum absolute atomic E-state index is 5.71. The van der Waals surface area contributed by atoms with Crippen molar-refractivity contribution < 1.29 is 0 Å². The van der Waals surface area contributed by atoms with E-state index >= 15 is 0 Å². The highest BCUT2D eigenvalue weighted by atomic mass is 32.1. The topological polar surface area (TPSA) is 68.8 Å². The SMILES string of the molecule is NNC(Cc1cccs1)c1cnnn1-c1ccccc1. The molecule has 3 aromatic rings. The molecule has 0 aliphatic rings. The summed E-state index contributed by atoms with van der Waals surface area (Å²) in [6.07, 6.45) is 2.57. The first-order valence-corrected chi connectivity index (χ1v) is 7.21. The van der Waals surface area contributed by atoms with Crippen molar-refractivity contribution in [3.05, 3.63) is 64.6 Å². The van der Waals surface area contributed by atoms with Gasteiger partial charge in [0.05, 0.1) is 23.6 Å². The zero-order chi connectivity index (χ0) is 13.8. The molecule has 20 heavy (non-hydrogen) atoms. The minimum Gasteiger partial charge on any atom is -0.271 e. The Morgan fingerprint density at radius 2 is 2.05 bits per heavy atom. The number of hydrazine groups is 1. The predicted molar refractivity (Wildman–Crippen MR) is 79.4 cm³/mol. The van der Waals surface area contributed by atoms with Crippen LogP contribution in [-0.2, 0) is 6.42 Å². The Hall–Kier alpha value is -2.02. The van der Waals surface area contributed by atoms with Crippen molar-refractivity contribution in [1.29, 1.82) is 0 Å². The molecule has 0 bridgehead atoms. The molecule has 0 aliphatic heterocycles. The molecule has 1 aromatic carbocycles. The molecule has 3 N–H and O–H groups in total. The molecule has 0 amide bonds. The molecular weight excluding hydrogens is 270 g/mol. The van der Waals surface area contributed by atoms with Crippen molar-refractivity contribution in [2.24, 2.45) is 5.84 Å². The van der Waals surface area contributed by atoms with Gasteiger partial charge in [0, 0.05) is 11.3 Å². The number of nitrogens with two attached hydrogens (primary N) is 1. The molecule has 1 unspecified atom stereocenters. The molecule has 5 nitrogen and oxygen atoms in total. The number of hydrogen-bond acceptors (Lipinski definition) is 5. The molecule has 3 rings (SSSR count). The van der Waals surface area contributed by atoms with Gasteiger partial charge in [-0.25, -0.2) is 4.68 Å². The molecule has 1 atom stereocenters. The smallest absolute Gasteiger partial charge is 0.0832 e. The van der Waals surface area contributed by atoms with E-state index in [1.807, 2.05) is 41.1 Å². The van der Waals surface area contributed by atoms with Gasteiger partial charge in [-0.2, -0.15) is 0 Å². The van der Waals surface area contributed by atoms with Gasteiger partial charge in [0.25, 0.3) is 0 Å². The fraction of sp³-hybridized carbons (Fsp3) is 0.143. The first-order valence-electron chi connectivity index (χ1n) is 6.33. The van der Waals surface area contributed by atoms with Crippen molar-refractivity contribution in [3.63, 3.8) is 0 Å². The third kappa shape index (κ3) is 2.62. The third-order valence-electron chi connectivity index (χ3n) is 3.12. The van der Waals surface area contributed by atoms with Crippen molar-refractivity contribution in [1.82, 2.24) is 20.4 Å². The molecule has 0 saturated heterocycles. The van der Waals surface area contributed by atoms with E-state index in [2.05, 4.69) is 27.2 Å². The number of thiophene rings is 1. The van der Waals surface area contributed by atoms with Crippen LogP contribution < -0.4 is 11.3 Å². The Labute approximate surface area is 121 Å². The van der Waals surface area contributed by atoms with Gasteiger partial charge in [-0.05, 0) is 23.6 Å². The Morgan fingerprint density at radius 3 is 2.75 bits per heavy atom. The number of benzene rings is 1. The zero-order valence-electron chi connectivity index (χ0n) is 10.8. The molecule has 2 aromatic heterocycles. The highest BCUT2D eigenvalue weighted by molar-refractivity contribution is 7.09. The summed E-state index contributed by atoms with van der Waals surface area (Å²) in [5.74, 6) is 5.71. The summed E-state index contributed by atoms with van der Waals surface area (Å²) < 4.78 is 1.82. The Morgan fingerprint density at radius 1 is 1.20 bits per heavy atom. The van der Waals surface area contributed by atoms with Crippen LogP contribution in [0, 0.1) is 0 Å². The number of nitrogens with one attached hydrogen (secondary N) is 1. The molecule has 0 aliphatic carbocycles. The van der Waals surface area contributed by atoms with Crippen LogP contribution in [-0.4, -0.2) is 15.0 Å². The van der Waals surface area contributed by atoms with Crippen LogP contribution in [0.2, 0.25) is 0 Å². The maximum atomic E-state index is 5.71. The quantitative estimate of drug-likeness (QED) is 0.556. The summed E-state index contributed by atoms with van der Waals surface area (Å²) in [6.45, 7) is 0. The minimum absolute atomic E-state index is 0.0242. The van der Waals surface area contributed by atoms with Gasteiger partial charge in [-0.3, -0.25) is 11.3 Å². The molecular formula is C14H15N5S. The summed E-state index contributed by atoms with van der Waals surface area (Å²) in [5, 5.41) is 10.2. The Kier molecular flexibility index (Phi) is 3.87. The van der Waals surface area contributed by atoms with Gasteiger partial charge in [0.2, 0.25) is 0 Å². The number of nitrogens with zero attached hydrogens (tertiary/aromatic N) is 3. The lowest BCUT2D eigenvalue weighted by molar-refractivity contribution is 0.525. The predicted octanol–water partition coefficient (Wildman–Crippen LogP) is 2.08. The standard InChI is InChI=1S/C14H15N5S/c15-17-13(9-12-7-4-8-20-12)14-10-16-18-19(14)11-5-2-1-3-6-11/h1-8,10,13,17H,9,15H2. The number of hydrogen-bond donors (Lipinski definition) is 2. The molecule has 102 valence electrons. The van der Waals surface area contributed by atoms with Crippen molar-refractivity contribution in [3.8, 4) is 5.69 Å². The maximum Gasteiger partial charge on any atom is 0.0832 e. The average molecular weight is 285 g/mol. The van der Waals surface area contributed by atoms with Gasteiger partial charge < -0.3 is 0 Å². The van der Waals surface area contributed by atoms with Gasteiger partial charge in [0.1, 0.15) is 0 Å². The van der Waals surface area contributed by atoms with E-state index in [9.17, 15) is 0 Å². The minimum atomic E-state index is -0.0242. The number of aromatic nitrogens is 3. The zero-order valence-corrected chi connectivity index (χ0v) is 11.6. The first-order chi connectivity index (χ1) is 9.88. The largest absolute Gasteiger partial charge is 0.271 e. The summed E-state index contributed by atoms with van der Waals surface area (Å²) in [5.41, 5.74) is 4.79. The van der Waals surface area contributed by atoms with Crippen LogP contribution in [0.1, 0.15) is 16.6 Å². The van der Waals surface area contributed by atoms with Crippen molar-refractivity contribution in [2.45, 2.75) is 12.5 Å². The summed E-state index contributed by atoms with van der Waals surface area (Å²) in [6, 6.07) is 14.0. The van der Waals surface area contributed by atoms with E-state index in [0.717, 1.165) is 17.8 Å². The monoisotopic (exact) mass is 285 g/mol. The highest BCUT2D eigenvalue weighted by Gasteiger charge is 2.17.